The van der Waals surface area contributed by atoms with E-state index < -0.39 is 17.2 Å². The normalized spacial score (nSPS) is 17.4. The molecule has 2 aromatic rings. The van der Waals surface area contributed by atoms with Gasteiger partial charge >= 0.3 is 6.03 Å². The van der Waals surface area contributed by atoms with Gasteiger partial charge in [0.2, 0.25) is 5.91 Å². The number of fused-ring (bicyclic) bond motifs is 1. The molecular formula is C17H22N4O3S2. The zero-order chi connectivity index (χ0) is 18.7. The smallest absolute Gasteiger partial charge is 0.321 e. The van der Waals surface area contributed by atoms with Crippen molar-refractivity contribution in [3.8, 4) is 10.8 Å². The molecule has 0 aliphatic heterocycles. The Balaban J connectivity index is 1.63. The van der Waals surface area contributed by atoms with Gasteiger partial charge in [0.05, 0.1) is 10.1 Å². The van der Waals surface area contributed by atoms with Crippen LogP contribution >= 0.6 is 23.1 Å². The van der Waals surface area contributed by atoms with E-state index in [4.69, 9.17) is 4.42 Å². The molecule has 0 saturated heterocycles. The van der Waals surface area contributed by atoms with E-state index in [1.165, 1.54) is 16.9 Å². The number of carbonyl (C=O) groups excluding carboxylic acids is 2. The molecule has 1 aliphatic carbocycles. The van der Waals surface area contributed by atoms with Gasteiger partial charge in [-0.25, -0.2) is 4.79 Å². The number of rotatable bonds is 5. The Morgan fingerprint density at radius 2 is 2.27 bits per heavy atom. The summed E-state index contributed by atoms with van der Waals surface area (Å²) in [6.07, 6.45) is 3.42. The number of urea groups is 1. The van der Waals surface area contributed by atoms with Gasteiger partial charge in [0.25, 0.3) is 11.1 Å². The first-order chi connectivity index (χ1) is 12.5. The summed E-state index contributed by atoms with van der Waals surface area (Å²) < 4.78 is 5.72. The molecule has 0 saturated carbocycles. The van der Waals surface area contributed by atoms with Crippen molar-refractivity contribution in [2.75, 3.05) is 6.54 Å². The molecule has 9 heteroatoms. The topological polar surface area (TPSA) is 97.1 Å². The van der Waals surface area contributed by atoms with Gasteiger partial charge in [0.1, 0.15) is 0 Å². The average molecular weight is 395 g/mol. The quantitative estimate of drug-likeness (QED) is 0.756. The lowest BCUT2D eigenvalue weighted by Gasteiger charge is -2.16. The molecule has 2 aromatic heterocycles. The van der Waals surface area contributed by atoms with Crippen molar-refractivity contribution >= 4 is 35.0 Å². The van der Waals surface area contributed by atoms with Crippen LogP contribution in [0, 0.1) is 5.92 Å². The number of hydrogen-bond acceptors (Lipinski definition) is 7. The van der Waals surface area contributed by atoms with Crippen molar-refractivity contribution in [3.05, 3.63) is 16.5 Å². The maximum Gasteiger partial charge on any atom is 0.321 e. The van der Waals surface area contributed by atoms with E-state index in [1.54, 1.807) is 25.2 Å². The van der Waals surface area contributed by atoms with Crippen LogP contribution in [0.15, 0.2) is 15.7 Å². The average Bonchev–Trinajstić information content (AvgIpc) is 3.20. The molecule has 140 valence electrons. The number of imide groups is 1. The zero-order valence-corrected chi connectivity index (χ0v) is 16.6. The summed E-state index contributed by atoms with van der Waals surface area (Å²) in [6, 6.07) is 1.64. The van der Waals surface area contributed by atoms with Gasteiger partial charge in [0, 0.05) is 11.4 Å². The lowest BCUT2D eigenvalue weighted by Crippen LogP contribution is -2.42. The maximum absolute atomic E-state index is 12.0. The highest BCUT2D eigenvalue weighted by atomic mass is 32.2. The maximum atomic E-state index is 12.0. The molecule has 7 nitrogen and oxygen atoms in total. The number of nitrogens with zero attached hydrogens (tertiary/aromatic N) is 2. The van der Waals surface area contributed by atoms with E-state index in [9.17, 15) is 9.59 Å². The summed E-state index contributed by atoms with van der Waals surface area (Å²) in [7, 11) is 0. The second-order valence-electron chi connectivity index (χ2n) is 6.39. The number of aromatic nitrogens is 2. The van der Waals surface area contributed by atoms with Gasteiger partial charge in [-0.1, -0.05) is 18.7 Å². The molecular weight excluding hydrogens is 372 g/mol. The SMILES string of the molecule is CCNC(=O)NC(=O)C(C)Sc1nnc(-c2cc3c(s2)CCC(C)C3)o1. The summed E-state index contributed by atoms with van der Waals surface area (Å²) in [5.74, 6) is 0.792. The molecule has 2 unspecified atom stereocenters. The van der Waals surface area contributed by atoms with Crippen LogP contribution in [0.5, 0.6) is 0 Å². The number of carbonyl (C=O) groups is 2. The number of thiophene rings is 1. The number of amides is 3. The fraction of sp³-hybridized carbons (Fsp3) is 0.529. The first kappa shape index (κ1) is 18.9. The molecule has 1 aliphatic rings. The third-order valence-corrected chi connectivity index (χ3v) is 6.33. The molecule has 26 heavy (non-hydrogen) atoms. The molecule has 0 spiro atoms. The number of nitrogens with one attached hydrogen (secondary N) is 2. The van der Waals surface area contributed by atoms with Crippen LogP contribution in [0.25, 0.3) is 10.8 Å². The number of hydrogen-bond donors (Lipinski definition) is 2. The van der Waals surface area contributed by atoms with E-state index in [0.29, 0.717) is 23.6 Å². The second-order valence-corrected chi connectivity index (χ2v) is 8.82. The minimum Gasteiger partial charge on any atom is -0.410 e. The fourth-order valence-corrected chi connectivity index (χ4v) is 4.60. The van der Waals surface area contributed by atoms with E-state index in [1.807, 2.05) is 0 Å². The third kappa shape index (κ3) is 4.45. The lowest BCUT2D eigenvalue weighted by atomic mass is 9.90. The Kier molecular flexibility index (Phi) is 5.98. The van der Waals surface area contributed by atoms with Crippen molar-refractivity contribution in [1.29, 1.82) is 0 Å². The molecule has 2 heterocycles. The molecule has 3 rings (SSSR count). The molecule has 0 bridgehead atoms. The predicted molar refractivity (Wildman–Crippen MR) is 101 cm³/mol. The second kappa shape index (κ2) is 8.22. The van der Waals surface area contributed by atoms with Gasteiger partial charge in [-0.15, -0.1) is 21.5 Å². The van der Waals surface area contributed by atoms with E-state index in [0.717, 1.165) is 29.5 Å². The van der Waals surface area contributed by atoms with Crippen molar-refractivity contribution in [2.24, 2.45) is 5.92 Å². The molecule has 2 N–H and O–H groups in total. The van der Waals surface area contributed by atoms with E-state index in [-0.39, 0.29) is 0 Å². The van der Waals surface area contributed by atoms with Crippen molar-refractivity contribution in [3.63, 3.8) is 0 Å². The Labute approximate surface area is 160 Å². The number of thioether (sulfide) groups is 1. The molecule has 0 radical (unpaired) electrons. The Morgan fingerprint density at radius 1 is 1.46 bits per heavy atom. The first-order valence-electron chi connectivity index (χ1n) is 8.67. The highest BCUT2D eigenvalue weighted by Gasteiger charge is 2.23. The lowest BCUT2D eigenvalue weighted by molar-refractivity contribution is -0.119. The van der Waals surface area contributed by atoms with Gasteiger partial charge in [-0.05, 0) is 50.7 Å². The van der Waals surface area contributed by atoms with Crippen LogP contribution in [0.4, 0.5) is 4.79 Å². The van der Waals surface area contributed by atoms with Crippen LogP contribution in [0.3, 0.4) is 0 Å². The van der Waals surface area contributed by atoms with Crippen LogP contribution in [-0.2, 0) is 17.6 Å². The summed E-state index contributed by atoms with van der Waals surface area (Å²) in [4.78, 5) is 25.8. The highest BCUT2D eigenvalue weighted by molar-refractivity contribution is 8.00. The fourth-order valence-electron chi connectivity index (χ4n) is 2.79. The molecule has 0 aromatic carbocycles. The minimum absolute atomic E-state index is 0.318. The monoisotopic (exact) mass is 394 g/mol. The van der Waals surface area contributed by atoms with Crippen molar-refractivity contribution in [2.45, 2.75) is 50.5 Å². The van der Waals surface area contributed by atoms with E-state index >= 15 is 0 Å². The van der Waals surface area contributed by atoms with Gasteiger partial charge in [-0.3, -0.25) is 10.1 Å². The van der Waals surface area contributed by atoms with Gasteiger partial charge in [0.15, 0.2) is 0 Å². The Hall–Kier alpha value is -1.87. The first-order valence-corrected chi connectivity index (χ1v) is 10.4. The highest BCUT2D eigenvalue weighted by Crippen LogP contribution is 2.37. The Bertz CT molecular complexity index is 802. The van der Waals surface area contributed by atoms with Crippen LogP contribution in [-0.4, -0.2) is 33.9 Å². The minimum atomic E-state index is -0.525. The van der Waals surface area contributed by atoms with Crippen molar-refractivity contribution < 1.29 is 14.0 Å². The van der Waals surface area contributed by atoms with Crippen LogP contribution in [0.1, 0.15) is 37.6 Å². The zero-order valence-electron chi connectivity index (χ0n) is 15.0. The standard InChI is InChI=1S/C17H22N4O3S2/c1-4-18-16(23)19-14(22)10(3)25-17-21-20-15(24-17)13-8-11-7-9(2)5-6-12(11)26-13/h8-10H,4-7H2,1-3H3,(H2,18,19,22,23). The summed E-state index contributed by atoms with van der Waals surface area (Å²) in [5.41, 5.74) is 1.38. The summed E-state index contributed by atoms with van der Waals surface area (Å²) >= 11 is 2.84. The molecule has 0 fully saturated rings. The predicted octanol–water partition coefficient (Wildman–Crippen LogP) is 3.25. The van der Waals surface area contributed by atoms with E-state index in [2.05, 4.69) is 33.8 Å². The number of aryl methyl sites for hydroxylation is 1. The largest absolute Gasteiger partial charge is 0.410 e. The van der Waals surface area contributed by atoms with Crippen molar-refractivity contribution in [1.82, 2.24) is 20.8 Å². The van der Waals surface area contributed by atoms with Gasteiger partial charge in [-0.2, -0.15) is 0 Å². The Morgan fingerprint density at radius 3 is 3.04 bits per heavy atom. The summed E-state index contributed by atoms with van der Waals surface area (Å²) in [5, 5.41) is 12.7. The molecule has 2 atom stereocenters. The van der Waals surface area contributed by atoms with Crippen LogP contribution in [0.2, 0.25) is 0 Å². The van der Waals surface area contributed by atoms with Gasteiger partial charge < -0.3 is 9.73 Å². The summed E-state index contributed by atoms with van der Waals surface area (Å²) in [6.45, 7) is 6.20. The third-order valence-electron chi connectivity index (χ3n) is 4.17. The molecule has 3 amide bonds. The van der Waals surface area contributed by atoms with Crippen LogP contribution < -0.4 is 10.6 Å².